The number of benzene rings is 2. The lowest BCUT2D eigenvalue weighted by atomic mass is 9.88. The van der Waals surface area contributed by atoms with Gasteiger partial charge in [0.25, 0.3) is 5.69 Å². The third-order valence-corrected chi connectivity index (χ3v) is 5.62. The van der Waals surface area contributed by atoms with Crippen LogP contribution in [0.15, 0.2) is 47.4 Å². The van der Waals surface area contributed by atoms with E-state index in [0.717, 1.165) is 24.0 Å². The largest absolute Gasteiger partial charge is 0.399 e. The molecule has 3 rings (SSSR count). The highest BCUT2D eigenvalue weighted by Gasteiger charge is 2.26. The Kier molecular flexibility index (Phi) is 4.25. The van der Waals surface area contributed by atoms with Crippen LogP contribution < -0.4 is 10.5 Å². The molecule has 1 unspecified atom stereocenters. The molecular formula is C16H17N3O4S. The van der Waals surface area contributed by atoms with Crippen molar-refractivity contribution in [3.63, 3.8) is 0 Å². The molecule has 0 heterocycles. The van der Waals surface area contributed by atoms with E-state index in [1.807, 2.05) is 12.1 Å². The van der Waals surface area contributed by atoms with Crippen molar-refractivity contribution in [3.05, 3.63) is 63.7 Å². The number of nitrogen functional groups attached to an aromatic ring is 1. The third kappa shape index (κ3) is 3.24. The summed E-state index contributed by atoms with van der Waals surface area (Å²) in [6.45, 7) is 0. The van der Waals surface area contributed by atoms with Gasteiger partial charge in [-0.1, -0.05) is 6.07 Å². The quantitative estimate of drug-likeness (QED) is 0.501. The molecule has 0 aromatic heterocycles. The number of hydrogen-bond acceptors (Lipinski definition) is 5. The second kappa shape index (κ2) is 6.21. The molecule has 0 bridgehead atoms. The SMILES string of the molecule is Nc1ccc2c(c1)CCCC2NS(=O)(=O)c1ccc([N+](=O)[O-])cc1. The monoisotopic (exact) mass is 347 g/mol. The minimum absolute atomic E-state index is 0.00988. The van der Waals surface area contributed by atoms with Crippen LogP contribution in [0, 0.1) is 10.1 Å². The van der Waals surface area contributed by atoms with Gasteiger partial charge in [-0.05, 0) is 54.7 Å². The highest BCUT2D eigenvalue weighted by molar-refractivity contribution is 7.89. The molecule has 3 N–H and O–H groups in total. The van der Waals surface area contributed by atoms with Gasteiger partial charge in [0.1, 0.15) is 0 Å². The average Bonchev–Trinajstić information content (AvgIpc) is 2.54. The predicted octanol–water partition coefficient (Wildman–Crippen LogP) is 2.53. The van der Waals surface area contributed by atoms with Gasteiger partial charge < -0.3 is 5.73 Å². The molecule has 1 aliphatic carbocycles. The fraction of sp³-hybridized carbons (Fsp3) is 0.250. The van der Waals surface area contributed by atoms with E-state index < -0.39 is 14.9 Å². The Balaban J connectivity index is 1.87. The van der Waals surface area contributed by atoms with Crippen LogP contribution in [0.5, 0.6) is 0 Å². The number of nitrogens with one attached hydrogen (secondary N) is 1. The Morgan fingerprint density at radius 2 is 1.88 bits per heavy atom. The number of anilines is 1. The standard InChI is InChI=1S/C16H17N3O4S/c17-12-4-9-15-11(10-12)2-1-3-16(15)18-24(22,23)14-7-5-13(6-8-14)19(20)21/h4-10,16,18H,1-3,17H2. The first-order valence-corrected chi connectivity index (χ1v) is 9.00. The summed E-state index contributed by atoms with van der Waals surface area (Å²) in [6.07, 6.45) is 2.43. The maximum absolute atomic E-state index is 12.6. The van der Waals surface area contributed by atoms with E-state index in [0.29, 0.717) is 12.1 Å². The van der Waals surface area contributed by atoms with E-state index >= 15 is 0 Å². The Morgan fingerprint density at radius 1 is 1.17 bits per heavy atom. The smallest absolute Gasteiger partial charge is 0.269 e. The number of nitro benzene ring substituents is 1. The molecule has 0 spiro atoms. The lowest BCUT2D eigenvalue weighted by Gasteiger charge is -2.26. The van der Waals surface area contributed by atoms with Crippen LogP contribution in [0.1, 0.15) is 30.0 Å². The van der Waals surface area contributed by atoms with Gasteiger partial charge in [0.05, 0.1) is 9.82 Å². The van der Waals surface area contributed by atoms with Gasteiger partial charge >= 0.3 is 0 Å². The van der Waals surface area contributed by atoms with E-state index in [1.165, 1.54) is 24.3 Å². The minimum Gasteiger partial charge on any atom is -0.399 e. The van der Waals surface area contributed by atoms with Gasteiger partial charge in [-0.3, -0.25) is 10.1 Å². The summed E-state index contributed by atoms with van der Waals surface area (Å²) >= 11 is 0. The normalized spacial score (nSPS) is 17.2. The van der Waals surface area contributed by atoms with Gasteiger partial charge in [0.15, 0.2) is 0 Å². The summed E-state index contributed by atoms with van der Waals surface area (Å²) in [5, 5.41) is 10.7. The molecule has 8 heteroatoms. The number of nitro groups is 1. The van der Waals surface area contributed by atoms with Crippen molar-refractivity contribution in [3.8, 4) is 0 Å². The fourth-order valence-corrected chi connectivity index (χ4v) is 4.21. The van der Waals surface area contributed by atoms with Crippen LogP contribution in [0.4, 0.5) is 11.4 Å². The van der Waals surface area contributed by atoms with Gasteiger partial charge in [-0.2, -0.15) is 0 Å². The lowest BCUT2D eigenvalue weighted by Crippen LogP contribution is -2.31. The Labute approximate surface area is 139 Å². The Morgan fingerprint density at radius 3 is 2.54 bits per heavy atom. The summed E-state index contributed by atoms with van der Waals surface area (Å²) in [6, 6.07) is 10.0. The summed E-state index contributed by atoms with van der Waals surface area (Å²) < 4.78 is 27.8. The lowest BCUT2D eigenvalue weighted by molar-refractivity contribution is -0.384. The van der Waals surface area contributed by atoms with Crippen molar-refractivity contribution in [1.82, 2.24) is 4.72 Å². The molecule has 1 atom stereocenters. The molecule has 2 aromatic carbocycles. The third-order valence-electron chi connectivity index (χ3n) is 4.14. The van der Waals surface area contributed by atoms with Crippen molar-refractivity contribution in [2.75, 3.05) is 5.73 Å². The molecule has 0 fully saturated rings. The maximum Gasteiger partial charge on any atom is 0.269 e. The first kappa shape index (κ1) is 16.4. The first-order chi connectivity index (χ1) is 11.4. The summed E-state index contributed by atoms with van der Waals surface area (Å²) in [4.78, 5) is 10.1. The van der Waals surface area contributed by atoms with E-state index in [-0.39, 0.29) is 16.6 Å². The number of sulfonamides is 1. The topological polar surface area (TPSA) is 115 Å². The summed E-state index contributed by atoms with van der Waals surface area (Å²) in [7, 11) is -3.76. The molecule has 2 aromatic rings. The molecule has 0 aliphatic heterocycles. The van der Waals surface area contributed by atoms with Crippen LogP contribution in [-0.2, 0) is 16.4 Å². The zero-order valence-corrected chi connectivity index (χ0v) is 13.6. The van der Waals surface area contributed by atoms with Gasteiger partial charge in [0, 0.05) is 23.9 Å². The van der Waals surface area contributed by atoms with Crippen molar-refractivity contribution in [2.45, 2.75) is 30.2 Å². The van der Waals surface area contributed by atoms with Crippen molar-refractivity contribution in [2.24, 2.45) is 0 Å². The number of non-ortho nitro benzene ring substituents is 1. The number of hydrogen-bond donors (Lipinski definition) is 2. The second-order valence-corrected chi connectivity index (χ2v) is 7.49. The van der Waals surface area contributed by atoms with Crippen LogP contribution in [0.3, 0.4) is 0 Å². The number of rotatable bonds is 4. The summed E-state index contributed by atoms with van der Waals surface area (Å²) in [5.74, 6) is 0. The first-order valence-electron chi connectivity index (χ1n) is 7.52. The second-order valence-electron chi connectivity index (χ2n) is 5.78. The van der Waals surface area contributed by atoms with Gasteiger partial charge in [0.2, 0.25) is 10.0 Å². The molecule has 0 saturated heterocycles. The van der Waals surface area contributed by atoms with Crippen LogP contribution >= 0.6 is 0 Å². The zero-order chi connectivity index (χ0) is 17.3. The number of aryl methyl sites for hydroxylation is 1. The number of nitrogens with two attached hydrogens (primary N) is 1. The molecule has 24 heavy (non-hydrogen) atoms. The van der Waals surface area contributed by atoms with Crippen LogP contribution in [0.2, 0.25) is 0 Å². The molecule has 0 amide bonds. The maximum atomic E-state index is 12.6. The molecule has 0 radical (unpaired) electrons. The van der Waals surface area contributed by atoms with Crippen molar-refractivity contribution < 1.29 is 13.3 Å². The minimum atomic E-state index is -3.76. The zero-order valence-electron chi connectivity index (χ0n) is 12.8. The molecule has 7 nitrogen and oxygen atoms in total. The molecule has 1 aliphatic rings. The fourth-order valence-electron chi connectivity index (χ4n) is 2.96. The van der Waals surface area contributed by atoms with Crippen molar-refractivity contribution >= 4 is 21.4 Å². The highest BCUT2D eigenvalue weighted by Crippen LogP contribution is 2.32. The summed E-state index contributed by atoms with van der Waals surface area (Å²) in [5.41, 5.74) is 8.29. The van der Waals surface area contributed by atoms with Crippen molar-refractivity contribution in [1.29, 1.82) is 0 Å². The van der Waals surface area contributed by atoms with Gasteiger partial charge in [-0.25, -0.2) is 13.1 Å². The average molecular weight is 347 g/mol. The highest BCUT2D eigenvalue weighted by atomic mass is 32.2. The molecule has 0 saturated carbocycles. The molecular weight excluding hydrogens is 330 g/mol. The Hall–Kier alpha value is -2.45. The number of fused-ring (bicyclic) bond motifs is 1. The van der Waals surface area contributed by atoms with E-state index in [2.05, 4.69) is 4.72 Å². The van der Waals surface area contributed by atoms with E-state index in [9.17, 15) is 18.5 Å². The van der Waals surface area contributed by atoms with Crippen LogP contribution in [0.25, 0.3) is 0 Å². The Bertz CT molecular complexity index is 879. The molecule has 126 valence electrons. The van der Waals surface area contributed by atoms with Gasteiger partial charge in [-0.15, -0.1) is 0 Å². The van der Waals surface area contributed by atoms with E-state index in [1.54, 1.807) is 6.07 Å². The number of nitrogens with zero attached hydrogens (tertiary/aromatic N) is 1. The van der Waals surface area contributed by atoms with E-state index in [4.69, 9.17) is 5.73 Å². The predicted molar refractivity (Wildman–Crippen MR) is 90.0 cm³/mol. The van der Waals surface area contributed by atoms with Crippen LogP contribution in [-0.4, -0.2) is 13.3 Å².